The van der Waals surface area contributed by atoms with E-state index < -0.39 is 23.2 Å². The molecule has 9 heteroatoms. The van der Waals surface area contributed by atoms with Crippen LogP contribution in [0.2, 0.25) is 5.02 Å². The number of aliphatic hydroxyl groups excluding tert-OH is 2. The van der Waals surface area contributed by atoms with Gasteiger partial charge in [0.1, 0.15) is 18.8 Å². The summed E-state index contributed by atoms with van der Waals surface area (Å²) in [6.45, 7) is -0.278. The number of hydrogen-bond donors (Lipinski definition) is 3. The van der Waals surface area contributed by atoms with Gasteiger partial charge in [-0.05, 0) is 34.4 Å². The Balaban J connectivity index is 1.37. The van der Waals surface area contributed by atoms with Gasteiger partial charge >= 0.3 is 6.09 Å². The van der Waals surface area contributed by atoms with Crippen LogP contribution in [0.4, 0.5) is 10.5 Å². The van der Waals surface area contributed by atoms with Crippen molar-refractivity contribution < 1.29 is 24.7 Å². The fraction of sp³-hybridized carbons (Fsp3) is 0.208. The van der Waals surface area contributed by atoms with Crippen molar-refractivity contribution in [3.05, 3.63) is 98.6 Å². The zero-order valence-corrected chi connectivity index (χ0v) is 18.1. The number of nitrogens with one attached hydrogen (secondary N) is 1. The SMILES string of the molecule is O=C(NCC(O)C(O)c1cc(Cl)ccc1[N+](=O)[O-])OCC1c2ccccc2-c2ccccc21. The fourth-order valence-corrected chi connectivity index (χ4v) is 4.27. The standard InChI is InChI=1S/C24H21ClN2O6/c25-14-9-10-21(27(31)32)19(11-14)23(29)22(28)12-26-24(30)33-13-20-17-7-3-1-5-15(17)16-6-2-4-8-18(16)20/h1-11,20,22-23,28-29H,12-13H2,(H,26,30). The molecule has 2 unspecified atom stereocenters. The molecule has 1 amide bonds. The van der Waals surface area contributed by atoms with Crippen LogP contribution in [0.3, 0.4) is 0 Å². The van der Waals surface area contributed by atoms with E-state index in [9.17, 15) is 25.1 Å². The zero-order chi connectivity index (χ0) is 23.5. The van der Waals surface area contributed by atoms with Gasteiger partial charge in [0, 0.05) is 23.6 Å². The van der Waals surface area contributed by atoms with Gasteiger partial charge in [0.05, 0.1) is 10.5 Å². The molecule has 0 fully saturated rings. The molecule has 0 saturated heterocycles. The normalized spacial score (nSPS) is 14.2. The summed E-state index contributed by atoms with van der Waals surface area (Å²) in [6.07, 6.45) is -3.91. The van der Waals surface area contributed by atoms with Gasteiger partial charge in [-0.3, -0.25) is 10.1 Å². The maximum atomic E-state index is 12.3. The van der Waals surface area contributed by atoms with Crippen molar-refractivity contribution in [1.82, 2.24) is 5.32 Å². The molecule has 3 aromatic rings. The molecule has 2 atom stereocenters. The first-order valence-electron chi connectivity index (χ1n) is 10.3. The molecule has 1 aliphatic carbocycles. The Bertz CT molecular complexity index is 1160. The highest BCUT2D eigenvalue weighted by Gasteiger charge is 2.30. The minimum Gasteiger partial charge on any atom is -0.449 e. The van der Waals surface area contributed by atoms with Crippen LogP contribution >= 0.6 is 11.6 Å². The Morgan fingerprint density at radius 3 is 2.27 bits per heavy atom. The molecular formula is C24H21ClN2O6. The first-order valence-corrected chi connectivity index (χ1v) is 10.6. The molecule has 0 aromatic heterocycles. The van der Waals surface area contributed by atoms with E-state index in [2.05, 4.69) is 5.32 Å². The first-order chi connectivity index (χ1) is 15.9. The third-order valence-electron chi connectivity index (χ3n) is 5.67. The van der Waals surface area contributed by atoms with Gasteiger partial charge in [-0.2, -0.15) is 0 Å². The Morgan fingerprint density at radius 1 is 1.06 bits per heavy atom. The minimum atomic E-state index is -1.63. The Morgan fingerprint density at radius 2 is 1.67 bits per heavy atom. The average molecular weight is 469 g/mol. The van der Waals surface area contributed by atoms with Crippen molar-refractivity contribution in [3.8, 4) is 11.1 Å². The number of carbonyl (C=O) groups is 1. The van der Waals surface area contributed by atoms with E-state index in [1.807, 2.05) is 48.5 Å². The Kier molecular flexibility index (Phi) is 6.60. The number of rotatable bonds is 7. The molecule has 0 heterocycles. The first kappa shape index (κ1) is 22.7. The second-order valence-corrected chi connectivity index (χ2v) is 8.12. The van der Waals surface area contributed by atoms with Gasteiger partial charge in [-0.1, -0.05) is 60.1 Å². The maximum Gasteiger partial charge on any atom is 0.407 e. The van der Waals surface area contributed by atoms with Gasteiger partial charge in [-0.15, -0.1) is 0 Å². The van der Waals surface area contributed by atoms with Crippen molar-refractivity contribution in [2.75, 3.05) is 13.2 Å². The topological polar surface area (TPSA) is 122 Å². The number of alkyl carbamates (subject to hydrolysis) is 1. The molecule has 1 aliphatic rings. The number of nitro groups is 1. The highest BCUT2D eigenvalue weighted by Crippen LogP contribution is 2.44. The highest BCUT2D eigenvalue weighted by molar-refractivity contribution is 6.30. The monoisotopic (exact) mass is 468 g/mol. The summed E-state index contributed by atoms with van der Waals surface area (Å²) in [5.74, 6) is -0.118. The number of benzene rings is 3. The zero-order valence-electron chi connectivity index (χ0n) is 17.3. The van der Waals surface area contributed by atoms with E-state index in [1.165, 1.54) is 12.1 Å². The van der Waals surface area contributed by atoms with Crippen LogP contribution in [0, 0.1) is 10.1 Å². The lowest BCUT2D eigenvalue weighted by Crippen LogP contribution is -2.36. The van der Waals surface area contributed by atoms with Gasteiger partial charge < -0.3 is 20.3 Å². The molecule has 0 radical (unpaired) electrons. The summed E-state index contributed by atoms with van der Waals surface area (Å²) in [5.41, 5.74) is 3.81. The Labute approximate surface area is 194 Å². The summed E-state index contributed by atoms with van der Waals surface area (Å²) in [5, 5.41) is 34.4. The summed E-state index contributed by atoms with van der Waals surface area (Å²) < 4.78 is 5.38. The molecule has 4 rings (SSSR count). The molecule has 0 aliphatic heterocycles. The van der Waals surface area contributed by atoms with E-state index in [0.29, 0.717) is 0 Å². The number of ether oxygens (including phenoxy) is 1. The number of aliphatic hydroxyl groups is 2. The third kappa shape index (κ3) is 4.68. The highest BCUT2D eigenvalue weighted by atomic mass is 35.5. The molecule has 0 spiro atoms. The molecular weight excluding hydrogens is 448 g/mol. The lowest BCUT2D eigenvalue weighted by atomic mass is 9.98. The van der Waals surface area contributed by atoms with Crippen LogP contribution in [-0.2, 0) is 4.74 Å². The van der Waals surface area contributed by atoms with Crippen molar-refractivity contribution in [1.29, 1.82) is 0 Å². The van der Waals surface area contributed by atoms with E-state index in [0.717, 1.165) is 28.3 Å². The molecule has 3 N–H and O–H groups in total. The summed E-state index contributed by atoms with van der Waals surface area (Å²) in [7, 11) is 0. The number of carbonyl (C=O) groups excluding carboxylic acids is 1. The summed E-state index contributed by atoms with van der Waals surface area (Å²) in [4.78, 5) is 22.8. The molecule has 170 valence electrons. The fourth-order valence-electron chi connectivity index (χ4n) is 4.08. The van der Waals surface area contributed by atoms with Crippen molar-refractivity contribution >= 4 is 23.4 Å². The number of amides is 1. The molecule has 8 nitrogen and oxygen atoms in total. The number of fused-ring (bicyclic) bond motifs is 3. The molecule has 33 heavy (non-hydrogen) atoms. The summed E-state index contributed by atoms with van der Waals surface area (Å²) in [6, 6.07) is 19.5. The average Bonchev–Trinajstić information content (AvgIpc) is 3.14. The van der Waals surface area contributed by atoms with Crippen LogP contribution < -0.4 is 5.32 Å². The largest absolute Gasteiger partial charge is 0.449 e. The quantitative estimate of drug-likeness (QED) is 0.353. The van der Waals surface area contributed by atoms with Gasteiger partial charge in [0.25, 0.3) is 5.69 Å². The molecule has 0 saturated carbocycles. The Hall–Kier alpha value is -3.46. The smallest absolute Gasteiger partial charge is 0.407 e. The van der Waals surface area contributed by atoms with E-state index in [1.54, 1.807) is 0 Å². The van der Waals surface area contributed by atoms with Crippen LogP contribution in [0.1, 0.15) is 28.7 Å². The van der Waals surface area contributed by atoms with Crippen LogP contribution in [0.5, 0.6) is 0 Å². The summed E-state index contributed by atoms with van der Waals surface area (Å²) >= 11 is 5.87. The van der Waals surface area contributed by atoms with E-state index >= 15 is 0 Å². The lowest BCUT2D eigenvalue weighted by molar-refractivity contribution is -0.386. The second-order valence-electron chi connectivity index (χ2n) is 7.68. The van der Waals surface area contributed by atoms with E-state index in [-0.39, 0.29) is 35.3 Å². The van der Waals surface area contributed by atoms with E-state index in [4.69, 9.17) is 16.3 Å². The predicted octanol–water partition coefficient (Wildman–Crippen LogP) is 4.18. The molecule has 3 aromatic carbocycles. The maximum absolute atomic E-state index is 12.3. The van der Waals surface area contributed by atoms with Gasteiger partial charge in [0.15, 0.2) is 0 Å². The number of nitro benzene ring substituents is 1. The lowest BCUT2D eigenvalue weighted by Gasteiger charge is -2.19. The van der Waals surface area contributed by atoms with Gasteiger partial charge in [-0.25, -0.2) is 4.79 Å². The molecule has 0 bridgehead atoms. The van der Waals surface area contributed by atoms with Crippen molar-refractivity contribution in [2.24, 2.45) is 0 Å². The van der Waals surface area contributed by atoms with Crippen LogP contribution in [0.25, 0.3) is 11.1 Å². The second kappa shape index (κ2) is 9.58. The number of nitrogens with zero attached hydrogens (tertiary/aromatic N) is 1. The van der Waals surface area contributed by atoms with Crippen LogP contribution in [-0.4, -0.2) is 40.5 Å². The number of hydrogen-bond acceptors (Lipinski definition) is 6. The van der Waals surface area contributed by atoms with Gasteiger partial charge in [0.2, 0.25) is 0 Å². The van der Waals surface area contributed by atoms with Crippen molar-refractivity contribution in [2.45, 2.75) is 18.1 Å². The predicted molar refractivity (Wildman–Crippen MR) is 122 cm³/mol. The van der Waals surface area contributed by atoms with Crippen molar-refractivity contribution in [3.63, 3.8) is 0 Å². The van der Waals surface area contributed by atoms with Crippen LogP contribution in [0.15, 0.2) is 66.7 Å². The third-order valence-corrected chi connectivity index (χ3v) is 5.90. The number of halogens is 1. The minimum absolute atomic E-state index is 0.0955.